The second-order valence-electron chi connectivity index (χ2n) is 4.81. The Labute approximate surface area is 140 Å². The van der Waals surface area contributed by atoms with Crippen molar-refractivity contribution in [3.05, 3.63) is 65.7 Å². The normalized spacial score (nSPS) is 10.4. The van der Waals surface area contributed by atoms with Gasteiger partial charge < -0.3 is 14.2 Å². The Hall–Kier alpha value is -3.08. The van der Waals surface area contributed by atoms with Crippen LogP contribution in [0.25, 0.3) is 6.08 Å². The second kappa shape index (κ2) is 8.53. The average molecular weight is 326 g/mol. The van der Waals surface area contributed by atoms with Gasteiger partial charge in [-0.15, -0.1) is 0 Å². The summed E-state index contributed by atoms with van der Waals surface area (Å²) in [6.45, 7) is -0.303. The number of para-hydroxylation sites is 1. The largest absolute Gasteiger partial charge is 0.493 e. The summed E-state index contributed by atoms with van der Waals surface area (Å²) in [7, 11) is 3.06. The van der Waals surface area contributed by atoms with Crippen molar-refractivity contribution in [3.63, 3.8) is 0 Å². The molecule has 5 nitrogen and oxygen atoms in total. The second-order valence-corrected chi connectivity index (χ2v) is 4.81. The molecule has 0 saturated carbocycles. The van der Waals surface area contributed by atoms with E-state index in [-0.39, 0.29) is 12.4 Å². The molecule has 0 fully saturated rings. The smallest absolute Gasteiger partial charge is 0.331 e. The molecule has 0 heterocycles. The first-order valence-electron chi connectivity index (χ1n) is 7.29. The number of methoxy groups -OCH3 is 2. The molecule has 2 aromatic rings. The van der Waals surface area contributed by atoms with Crippen LogP contribution < -0.4 is 9.47 Å². The SMILES string of the molecule is COc1cccc(C=CC(=O)OCC(=O)c2ccccc2)c1OC. The molecule has 0 aliphatic carbocycles. The van der Waals surface area contributed by atoms with E-state index in [4.69, 9.17) is 14.2 Å². The van der Waals surface area contributed by atoms with Crippen molar-refractivity contribution >= 4 is 17.8 Å². The van der Waals surface area contributed by atoms with Crippen LogP contribution in [0.15, 0.2) is 54.6 Å². The summed E-state index contributed by atoms with van der Waals surface area (Å²) in [6.07, 6.45) is 2.80. The Morgan fingerprint density at radius 1 is 0.958 bits per heavy atom. The summed E-state index contributed by atoms with van der Waals surface area (Å²) in [4.78, 5) is 23.6. The number of ketones is 1. The quantitative estimate of drug-likeness (QED) is 0.444. The lowest BCUT2D eigenvalue weighted by molar-refractivity contribution is -0.136. The summed E-state index contributed by atoms with van der Waals surface area (Å²) in [5, 5.41) is 0. The Kier molecular flexibility index (Phi) is 6.14. The summed E-state index contributed by atoms with van der Waals surface area (Å²) >= 11 is 0. The van der Waals surface area contributed by atoms with Gasteiger partial charge in [-0.2, -0.15) is 0 Å². The Balaban J connectivity index is 1.97. The molecule has 0 aliphatic heterocycles. The highest BCUT2D eigenvalue weighted by molar-refractivity contribution is 5.98. The fourth-order valence-corrected chi connectivity index (χ4v) is 2.09. The monoisotopic (exact) mass is 326 g/mol. The molecule has 0 aromatic heterocycles. The summed E-state index contributed by atoms with van der Waals surface area (Å²) in [5.74, 6) is 0.220. The van der Waals surface area contributed by atoms with Crippen molar-refractivity contribution in [3.8, 4) is 11.5 Å². The van der Waals surface area contributed by atoms with Crippen molar-refractivity contribution in [2.24, 2.45) is 0 Å². The van der Waals surface area contributed by atoms with Gasteiger partial charge in [0.25, 0.3) is 0 Å². The van der Waals surface area contributed by atoms with E-state index in [0.29, 0.717) is 22.6 Å². The predicted octanol–water partition coefficient (Wildman–Crippen LogP) is 3.14. The number of carbonyl (C=O) groups is 2. The molecule has 0 spiro atoms. The summed E-state index contributed by atoms with van der Waals surface area (Å²) in [5.41, 5.74) is 1.17. The first-order chi connectivity index (χ1) is 11.7. The van der Waals surface area contributed by atoms with Crippen LogP contribution in [-0.2, 0) is 9.53 Å². The maximum Gasteiger partial charge on any atom is 0.331 e. The van der Waals surface area contributed by atoms with Crippen LogP contribution in [0, 0.1) is 0 Å². The third kappa shape index (κ3) is 4.46. The van der Waals surface area contributed by atoms with Crippen molar-refractivity contribution in [2.75, 3.05) is 20.8 Å². The third-order valence-corrected chi connectivity index (χ3v) is 3.27. The summed E-state index contributed by atoms with van der Waals surface area (Å²) < 4.78 is 15.4. The van der Waals surface area contributed by atoms with Crippen LogP contribution in [0.4, 0.5) is 0 Å². The molecule has 2 rings (SSSR count). The lowest BCUT2D eigenvalue weighted by Gasteiger charge is -2.09. The highest BCUT2D eigenvalue weighted by atomic mass is 16.5. The molecular weight excluding hydrogens is 308 g/mol. The molecule has 124 valence electrons. The third-order valence-electron chi connectivity index (χ3n) is 3.27. The number of ether oxygens (including phenoxy) is 3. The van der Waals surface area contributed by atoms with E-state index >= 15 is 0 Å². The zero-order valence-electron chi connectivity index (χ0n) is 13.5. The first kappa shape index (κ1) is 17.3. The van der Waals surface area contributed by atoms with Crippen molar-refractivity contribution in [1.29, 1.82) is 0 Å². The van der Waals surface area contributed by atoms with Gasteiger partial charge in [0.2, 0.25) is 0 Å². The van der Waals surface area contributed by atoms with Gasteiger partial charge in [0.05, 0.1) is 14.2 Å². The van der Waals surface area contributed by atoms with Gasteiger partial charge in [-0.1, -0.05) is 42.5 Å². The number of carbonyl (C=O) groups excluding carboxylic acids is 2. The zero-order valence-corrected chi connectivity index (χ0v) is 13.5. The van der Waals surface area contributed by atoms with Crippen LogP contribution in [0.5, 0.6) is 11.5 Å². The number of Topliss-reactive ketones (excluding diaryl/α,β-unsaturated/α-hetero) is 1. The van der Waals surface area contributed by atoms with Crippen molar-refractivity contribution in [2.45, 2.75) is 0 Å². The molecule has 0 N–H and O–H groups in total. The standard InChI is InChI=1S/C19H18O5/c1-22-17-10-6-9-15(19(17)23-2)11-12-18(21)24-13-16(20)14-7-4-3-5-8-14/h3-12H,13H2,1-2H3. The number of esters is 1. The average Bonchev–Trinajstić information content (AvgIpc) is 2.64. The first-order valence-corrected chi connectivity index (χ1v) is 7.29. The lowest BCUT2D eigenvalue weighted by Crippen LogP contribution is -2.12. The van der Waals surface area contributed by atoms with Gasteiger partial charge in [-0.05, 0) is 12.1 Å². The molecule has 0 atom stereocenters. The number of benzene rings is 2. The Bertz CT molecular complexity index is 735. The van der Waals surface area contributed by atoms with E-state index in [9.17, 15) is 9.59 Å². The lowest BCUT2D eigenvalue weighted by atomic mass is 10.1. The van der Waals surface area contributed by atoms with E-state index < -0.39 is 5.97 Å². The van der Waals surface area contributed by atoms with Crippen LogP contribution in [0.1, 0.15) is 15.9 Å². The predicted molar refractivity (Wildman–Crippen MR) is 90.3 cm³/mol. The van der Waals surface area contributed by atoms with Crippen molar-refractivity contribution in [1.82, 2.24) is 0 Å². The minimum Gasteiger partial charge on any atom is -0.493 e. The number of hydrogen-bond acceptors (Lipinski definition) is 5. The Morgan fingerprint density at radius 3 is 2.38 bits per heavy atom. The van der Waals surface area contributed by atoms with E-state index in [2.05, 4.69) is 0 Å². The number of hydrogen-bond donors (Lipinski definition) is 0. The Morgan fingerprint density at radius 2 is 1.71 bits per heavy atom. The van der Waals surface area contributed by atoms with Gasteiger partial charge in [0.1, 0.15) is 0 Å². The van der Waals surface area contributed by atoms with Crippen LogP contribution in [0.3, 0.4) is 0 Å². The summed E-state index contributed by atoms with van der Waals surface area (Å²) in [6, 6.07) is 14.0. The highest BCUT2D eigenvalue weighted by Gasteiger charge is 2.09. The molecule has 2 aromatic carbocycles. The minimum absolute atomic E-state index is 0.253. The highest BCUT2D eigenvalue weighted by Crippen LogP contribution is 2.31. The maximum atomic E-state index is 11.9. The molecular formula is C19H18O5. The fourth-order valence-electron chi connectivity index (χ4n) is 2.09. The van der Waals surface area contributed by atoms with Crippen LogP contribution in [0.2, 0.25) is 0 Å². The molecule has 0 unspecified atom stereocenters. The number of rotatable bonds is 7. The van der Waals surface area contributed by atoms with E-state index in [0.717, 1.165) is 0 Å². The topological polar surface area (TPSA) is 61.8 Å². The van der Waals surface area contributed by atoms with Crippen LogP contribution in [-0.4, -0.2) is 32.6 Å². The van der Waals surface area contributed by atoms with Gasteiger partial charge in [-0.3, -0.25) is 4.79 Å². The maximum absolute atomic E-state index is 11.9. The molecule has 0 radical (unpaired) electrons. The van der Waals surface area contributed by atoms with Crippen LogP contribution >= 0.6 is 0 Å². The molecule has 0 bridgehead atoms. The molecule has 0 saturated heterocycles. The van der Waals surface area contributed by atoms with Gasteiger partial charge >= 0.3 is 5.97 Å². The minimum atomic E-state index is -0.607. The van der Waals surface area contributed by atoms with E-state index in [1.807, 2.05) is 6.07 Å². The van der Waals surface area contributed by atoms with Gasteiger partial charge in [-0.25, -0.2) is 4.79 Å². The fraction of sp³-hybridized carbons (Fsp3) is 0.158. The van der Waals surface area contributed by atoms with E-state index in [1.54, 1.807) is 48.5 Å². The molecule has 24 heavy (non-hydrogen) atoms. The van der Waals surface area contributed by atoms with Gasteiger partial charge in [0, 0.05) is 17.2 Å². The zero-order chi connectivity index (χ0) is 17.4. The van der Waals surface area contributed by atoms with E-state index in [1.165, 1.54) is 20.3 Å². The molecule has 0 aliphatic rings. The van der Waals surface area contributed by atoms with Gasteiger partial charge in [0.15, 0.2) is 23.9 Å². The van der Waals surface area contributed by atoms with Crippen molar-refractivity contribution < 1.29 is 23.8 Å². The molecule has 5 heteroatoms. The molecule has 0 amide bonds.